The Morgan fingerprint density at radius 2 is 2.05 bits per heavy atom. The molecule has 2 heterocycles. The van der Waals surface area contributed by atoms with Crippen molar-refractivity contribution >= 4 is 38.7 Å². The van der Waals surface area contributed by atoms with Crippen molar-refractivity contribution in [2.24, 2.45) is 0 Å². The summed E-state index contributed by atoms with van der Waals surface area (Å²) in [7, 11) is 0. The van der Waals surface area contributed by atoms with E-state index in [0.29, 0.717) is 5.88 Å². The first-order chi connectivity index (χ1) is 10.1. The predicted octanol–water partition coefficient (Wildman–Crippen LogP) is 4.68. The highest BCUT2D eigenvalue weighted by atomic mass is 79.9. The third-order valence-corrected chi connectivity index (χ3v) is 4.10. The number of nitrogens with zero attached hydrogens (tertiary/aromatic N) is 3. The van der Waals surface area contributed by atoms with E-state index in [2.05, 4.69) is 25.9 Å². The van der Waals surface area contributed by atoms with Gasteiger partial charge in [-0.2, -0.15) is 0 Å². The summed E-state index contributed by atoms with van der Waals surface area (Å²) in [5.74, 6) is 0.787. The van der Waals surface area contributed by atoms with E-state index in [1.54, 1.807) is 18.3 Å². The van der Waals surface area contributed by atoms with Gasteiger partial charge in [0.15, 0.2) is 5.65 Å². The van der Waals surface area contributed by atoms with Crippen LogP contribution in [0.4, 0.5) is 4.39 Å². The van der Waals surface area contributed by atoms with Gasteiger partial charge >= 0.3 is 0 Å². The van der Waals surface area contributed by atoms with Crippen molar-refractivity contribution in [2.45, 2.75) is 18.8 Å². The lowest BCUT2D eigenvalue weighted by molar-refractivity contribution is 0.612. The topological polar surface area (TPSA) is 30.7 Å². The smallest absolute Gasteiger partial charge is 0.160 e. The summed E-state index contributed by atoms with van der Waals surface area (Å²) in [5.41, 5.74) is 2.53. The fourth-order valence-electron chi connectivity index (χ4n) is 2.40. The maximum absolute atomic E-state index is 13.1. The molecule has 0 N–H and O–H groups in total. The quantitative estimate of drug-likeness (QED) is 0.628. The second-order valence-corrected chi connectivity index (χ2v) is 5.94. The molecule has 1 aromatic carbocycles. The van der Waals surface area contributed by atoms with Gasteiger partial charge in [0, 0.05) is 10.7 Å². The van der Waals surface area contributed by atoms with Crippen LogP contribution in [-0.2, 0) is 5.88 Å². The highest BCUT2D eigenvalue weighted by Crippen LogP contribution is 2.27. The maximum Gasteiger partial charge on any atom is 0.160 e. The molecule has 0 aliphatic heterocycles. The molecule has 0 saturated carbocycles. The molecule has 3 nitrogen and oxygen atoms in total. The molecule has 0 bridgehead atoms. The van der Waals surface area contributed by atoms with Crippen LogP contribution < -0.4 is 0 Å². The van der Waals surface area contributed by atoms with E-state index in [0.717, 1.165) is 27.0 Å². The number of rotatable bonds is 3. The van der Waals surface area contributed by atoms with Gasteiger partial charge in [0.1, 0.15) is 17.2 Å². The average Bonchev–Trinajstić information content (AvgIpc) is 2.84. The van der Waals surface area contributed by atoms with Crippen LogP contribution in [0.15, 0.2) is 41.0 Å². The van der Waals surface area contributed by atoms with Crippen LogP contribution in [0.2, 0.25) is 0 Å². The van der Waals surface area contributed by atoms with Crippen LogP contribution >= 0.6 is 27.5 Å². The minimum absolute atomic E-state index is 0.0296. The molecular weight excluding hydrogens is 357 g/mol. The number of aromatic nitrogens is 3. The zero-order chi connectivity index (χ0) is 15.0. The number of hydrogen-bond acceptors (Lipinski definition) is 2. The fraction of sp³-hybridized carbons (Fsp3) is 0.200. The summed E-state index contributed by atoms with van der Waals surface area (Å²) in [4.78, 5) is 8.95. The standard InChI is InChI=1S/C15H12BrClFN3/c1-9(10-2-4-12(18)5-3-10)21-14(7-17)20-13-6-11(16)8-19-15(13)21/h2-6,8-9H,7H2,1H3. The Labute approximate surface area is 134 Å². The molecule has 0 fully saturated rings. The van der Waals surface area contributed by atoms with E-state index in [1.807, 2.05) is 17.6 Å². The molecule has 0 aliphatic carbocycles. The Kier molecular flexibility index (Phi) is 3.95. The first kappa shape index (κ1) is 14.5. The average molecular weight is 369 g/mol. The normalized spacial score (nSPS) is 12.8. The van der Waals surface area contributed by atoms with Gasteiger partial charge in [0.2, 0.25) is 0 Å². The lowest BCUT2D eigenvalue weighted by Gasteiger charge is -2.16. The first-order valence-electron chi connectivity index (χ1n) is 6.44. The van der Waals surface area contributed by atoms with E-state index in [-0.39, 0.29) is 11.9 Å². The Balaban J connectivity index is 2.16. The number of hydrogen-bond donors (Lipinski definition) is 0. The molecule has 0 radical (unpaired) electrons. The number of fused-ring (bicyclic) bond motifs is 1. The number of alkyl halides is 1. The molecule has 3 rings (SSSR count). The summed E-state index contributed by atoms with van der Waals surface area (Å²) in [6.45, 7) is 2.02. The zero-order valence-corrected chi connectivity index (χ0v) is 13.6. The summed E-state index contributed by atoms with van der Waals surface area (Å²) in [5, 5.41) is 0. The van der Waals surface area contributed by atoms with Crippen LogP contribution in [0, 0.1) is 5.82 Å². The van der Waals surface area contributed by atoms with Gasteiger partial charge in [-0.3, -0.25) is 0 Å². The fourth-order valence-corrected chi connectivity index (χ4v) is 2.90. The van der Waals surface area contributed by atoms with Crippen molar-refractivity contribution < 1.29 is 4.39 Å². The summed E-state index contributed by atoms with van der Waals surface area (Å²) in [6, 6.07) is 8.32. The number of imidazole rings is 1. The SMILES string of the molecule is CC(c1ccc(F)cc1)n1c(CCl)nc2cc(Br)cnc21. The number of pyridine rings is 1. The summed E-state index contributed by atoms with van der Waals surface area (Å²) in [6.07, 6.45) is 1.73. The lowest BCUT2D eigenvalue weighted by Crippen LogP contribution is -2.10. The van der Waals surface area contributed by atoms with Crippen molar-refractivity contribution in [3.8, 4) is 0 Å². The van der Waals surface area contributed by atoms with Crippen LogP contribution in [-0.4, -0.2) is 14.5 Å². The Morgan fingerprint density at radius 3 is 2.71 bits per heavy atom. The predicted molar refractivity (Wildman–Crippen MR) is 85.0 cm³/mol. The van der Waals surface area contributed by atoms with Crippen LogP contribution in [0.1, 0.15) is 24.4 Å². The molecular formula is C15H12BrClFN3. The van der Waals surface area contributed by atoms with E-state index in [9.17, 15) is 4.39 Å². The minimum atomic E-state index is -0.249. The van der Waals surface area contributed by atoms with Crippen molar-refractivity contribution in [3.63, 3.8) is 0 Å². The van der Waals surface area contributed by atoms with Crippen molar-refractivity contribution in [3.05, 3.63) is 58.2 Å². The largest absolute Gasteiger partial charge is 0.304 e. The summed E-state index contributed by atoms with van der Waals surface area (Å²) < 4.78 is 15.9. The van der Waals surface area contributed by atoms with Gasteiger partial charge in [0.25, 0.3) is 0 Å². The highest BCUT2D eigenvalue weighted by Gasteiger charge is 2.18. The second kappa shape index (κ2) is 5.73. The Bertz CT molecular complexity index is 785. The van der Waals surface area contributed by atoms with Gasteiger partial charge in [-0.25, -0.2) is 14.4 Å². The maximum atomic E-state index is 13.1. The highest BCUT2D eigenvalue weighted by molar-refractivity contribution is 9.10. The van der Waals surface area contributed by atoms with E-state index in [1.165, 1.54) is 12.1 Å². The van der Waals surface area contributed by atoms with Crippen LogP contribution in [0.5, 0.6) is 0 Å². The van der Waals surface area contributed by atoms with Crippen molar-refractivity contribution in [2.75, 3.05) is 0 Å². The molecule has 1 unspecified atom stereocenters. The van der Waals surface area contributed by atoms with E-state index in [4.69, 9.17) is 11.6 Å². The van der Waals surface area contributed by atoms with Crippen LogP contribution in [0.3, 0.4) is 0 Å². The zero-order valence-electron chi connectivity index (χ0n) is 11.2. The molecule has 21 heavy (non-hydrogen) atoms. The molecule has 108 valence electrons. The summed E-state index contributed by atoms with van der Waals surface area (Å²) >= 11 is 9.41. The van der Waals surface area contributed by atoms with Crippen molar-refractivity contribution in [1.29, 1.82) is 0 Å². The molecule has 0 aliphatic rings. The van der Waals surface area contributed by atoms with Gasteiger partial charge in [-0.1, -0.05) is 12.1 Å². The molecule has 2 aromatic heterocycles. The van der Waals surface area contributed by atoms with E-state index >= 15 is 0 Å². The first-order valence-corrected chi connectivity index (χ1v) is 7.76. The molecule has 3 aromatic rings. The minimum Gasteiger partial charge on any atom is -0.304 e. The number of halogens is 3. The third-order valence-electron chi connectivity index (χ3n) is 3.43. The monoisotopic (exact) mass is 367 g/mol. The van der Waals surface area contributed by atoms with Gasteiger partial charge in [-0.15, -0.1) is 11.6 Å². The Hall–Kier alpha value is -1.46. The van der Waals surface area contributed by atoms with Crippen LogP contribution in [0.25, 0.3) is 11.2 Å². The number of benzene rings is 1. The van der Waals surface area contributed by atoms with Crippen molar-refractivity contribution in [1.82, 2.24) is 14.5 Å². The molecule has 6 heteroatoms. The van der Waals surface area contributed by atoms with E-state index < -0.39 is 0 Å². The molecule has 0 amide bonds. The van der Waals surface area contributed by atoms with Gasteiger partial charge in [-0.05, 0) is 46.6 Å². The molecule has 0 saturated heterocycles. The van der Waals surface area contributed by atoms with Gasteiger partial charge in [0.05, 0.1) is 11.9 Å². The molecule has 1 atom stereocenters. The molecule has 0 spiro atoms. The Morgan fingerprint density at radius 1 is 1.33 bits per heavy atom. The lowest BCUT2D eigenvalue weighted by atomic mass is 10.1. The third kappa shape index (κ3) is 2.68. The van der Waals surface area contributed by atoms with Gasteiger partial charge < -0.3 is 4.57 Å². The second-order valence-electron chi connectivity index (χ2n) is 4.76.